The van der Waals surface area contributed by atoms with Crippen molar-refractivity contribution in [2.24, 2.45) is 23.5 Å². The quantitative estimate of drug-likeness (QED) is 0.634. The number of hydrogen-bond acceptors (Lipinski definition) is 2. The highest BCUT2D eigenvalue weighted by Gasteiger charge is 2.53. The molecular weight excluding hydrogens is 160 g/mol. The lowest BCUT2D eigenvalue weighted by molar-refractivity contribution is -0.0320. The maximum atomic E-state index is 6.25. The monoisotopic (exact) mass is 180 g/mol. The molecule has 4 saturated carbocycles. The van der Waals surface area contributed by atoms with Gasteiger partial charge < -0.3 is 11.1 Å². The fraction of sp³-hybridized carbons (Fsp3) is 1.00. The van der Waals surface area contributed by atoms with Crippen LogP contribution < -0.4 is 11.1 Å². The molecule has 2 nitrogen and oxygen atoms in total. The predicted octanol–water partition coefficient (Wildman–Crippen LogP) is 1.11. The van der Waals surface area contributed by atoms with E-state index in [1.54, 1.807) is 0 Å². The molecule has 74 valence electrons. The molecule has 4 aliphatic carbocycles. The Morgan fingerprint density at radius 3 is 2.31 bits per heavy atom. The number of nitrogens with one attached hydrogen (secondary N) is 1. The van der Waals surface area contributed by atoms with Crippen LogP contribution in [0.4, 0.5) is 0 Å². The van der Waals surface area contributed by atoms with E-state index in [0.717, 1.165) is 17.8 Å². The molecule has 0 aromatic heterocycles. The van der Waals surface area contributed by atoms with Crippen LogP contribution in [0, 0.1) is 17.8 Å². The van der Waals surface area contributed by atoms with Crippen LogP contribution in [0.15, 0.2) is 0 Å². The molecule has 4 bridgehead atoms. The standard InChI is InChI=1S/C11H20N2/c1-13-11-4-7-2-8(5-11)10(12)9(3-7)6-11/h7-10,13H,2-6,12H2,1H3/t7?,8-,9+,10?,11?. The molecule has 4 fully saturated rings. The molecule has 0 radical (unpaired) electrons. The van der Waals surface area contributed by atoms with Crippen LogP contribution in [-0.2, 0) is 0 Å². The van der Waals surface area contributed by atoms with E-state index in [-0.39, 0.29) is 0 Å². The summed E-state index contributed by atoms with van der Waals surface area (Å²) in [6.45, 7) is 0. The van der Waals surface area contributed by atoms with Crippen LogP contribution in [0.25, 0.3) is 0 Å². The van der Waals surface area contributed by atoms with E-state index in [1.807, 2.05) is 0 Å². The van der Waals surface area contributed by atoms with Crippen molar-refractivity contribution in [3.63, 3.8) is 0 Å². The van der Waals surface area contributed by atoms with Crippen LogP contribution >= 0.6 is 0 Å². The highest BCUT2D eigenvalue weighted by Crippen LogP contribution is 2.54. The van der Waals surface area contributed by atoms with Gasteiger partial charge in [-0.2, -0.15) is 0 Å². The summed E-state index contributed by atoms with van der Waals surface area (Å²) >= 11 is 0. The zero-order valence-corrected chi connectivity index (χ0v) is 8.42. The van der Waals surface area contributed by atoms with Gasteiger partial charge in [-0.05, 0) is 56.9 Å². The first-order valence-corrected chi connectivity index (χ1v) is 5.67. The van der Waals surface area contributed by atoms with Gasteiger partial charge in [0.1, 0.15) is 0 Å². The maximum Gasteiger partial charge on any atom is 0.0187 e. The molecule has 3 N–H and O–H groups in total. The van der Waals surface area contributed by atoms with Crippen molar-refractivity contribution in [1.82, 2.24) is 5.32 Å². The third-order valence-corrected chi connectivity index (χ3v) is 4.88. The molecule has 0 heterocycles. The summed E-state index contributed by atoms with van der Waals surface area (Å²) in [6.07, 6.45) is 6.95. The van der Waals surface area contributed by atoms with Gasteiger partial charge in [0.2, 0.25) is 0 Å². The van der Waals surface area contributed by atoms with Gasteiger partial charge in [0.15, 0.2) is 0 Å². The minimum atomic E-state index is 0.492. The Hall–Kier alpha value is -0.0800. The SMILES string of the molecule is CNC12CC3C[C@H](C1)C(N)[C@@H](C3)C2. The fourth-order valence-electron chi connectivity index (χ4n) is 4.37. The normalized spacial score (nSPS) is 58.6. The molecule has 5 atom stereocenters. The first-order chi connectivity index (χ1) is 6.22. The number of rotatable bonds is 1. The summed E-state index contributed by atoms with van der Waals surface area (Å²) in [7, 11) is 2.14. The van der Waals surface area contributed by atoms with E-state index < -0.39 is 0 Å². The van der Waals surface area contributed by atoms with Gasteiger partial charge in [0.25, 0.3) is 0 Å². The Bertz CT molecular complexity index is 210. The second kappa shape index (κ2) is 2.48. The van der Waals surface area contributed by atoms with Crippen LogP contribution in [0.1, 0.15) is 32.1 Å². The van der Waals surface area contributed by atoms with Gasteiger partial charge in [0, 0.05) is 11.6 Å². The zero-order chi connectivity index (χ0) is 9.05. The first-order valence-electron chi connectivity index (χ1n) is 5.67. The Morgan fingerprint density at radius 1 is 1.15 bits per heavy atom. The minimum absolute atomic E-state index is 0.492. The summed E-state index contributed by atoms with van der Waals surface area (Å²) in [6, 6.07) is 0.526. The van der Waals surface area contributed by atoms with Gasteiger partial charge >= 0.3 is 0 Å². The van der Waals surface area contributed by atoms with E-state index >= 15 is 0 Å². The van der Waals surface area contributed by atoms with Crippen LogP contribution in [0.2, 0.25) is 0 Å². The lowest BCUT2D eigenvalue weighted by Crippen LogP contribution is -2.63. The molecule has 0 aromatic rings. The minimum Gasteiger partial charge on any atom is -0.327 e. The molecule has 0 aliphatic heterocycles. The fourth-order valence-corrected chi connectivity index (χ4v) is 4.37. The molecule has 4 aliphatic rings. The Kier molecular flexibility index (Phi) is 1.58. The highest BCUT2D eigenvalue weighted by molar-refractivity contribution is 5.10. The van der Waals surface area contributed by atoms with Crippen LogP contribution in [0.5, 0.6) is 0 Å². The maximum absolute atomic E-state index is 6.25. The topological polar surface area (TPSA) is 38.0 Å². The molecular formula is C11H20N2. The molecule has 0 spiro atoms. The molecule has 13 heavy (non-hydrogen) atoms. The number of hydrogen-bond donors (Lipinski definition) is 2. The van der Waals surface area contributed by atoms with Crippen molar-refractivity contribution in [1.29, 1.82) is 0 Å². The van der Waals surface area contributed by atoms with Crippen molar-refractivity contribution >= 4 is 0 Å². The molecule has 0 aromatic carbocycles. The lowest BCUT2D eigenvalue weighted by atomic mass is 9.51. The molecule has 2 heteroatoms. The average Bonchev–Trinajstić information content (AvgIpc) is 2.13. The van der Waals surface area contributed by atoms with Crippen molar-refractivity contribution in [2.75, 3.05) is 7.05 Å². The Morgan fingerprint density at radius 2 is 1.77 bits per heavy atom. The van der Waals surface area contributed by atoms with E-state index in [4.69, 9.17) is 5.73 Å². The van der Waals surface area contributed by atoms with Crippen LogP contribution in [0.3, 0.4) is 0 Å². The Labute approximate surface area is 80.3 Å². The molecule has 0 amide bonds. The molecule has 3 unspecified atom stereocenters. The summed E-state index contributed by atoms with van der Waals surface area (Å²) in [5.41, 5.74) is 6.75. The van der Waals surface area contributed by atoms with Crippen molar-refractivity contribution in [3.05, 3.63) is 0 Å². The largest absolute Gasteiger partial charge is 0.327 e. The highest BCUT2D eigenvalue weighted by atomic mass is 15.0. The van der Waals surface area contributed by atoms with Gasteiger partial charge in [-0.25, -0.2) is 0 Å². The van der Waals surface area contributed by atoms with Crippen molar-refractivity contribution in [3.8, 4) is 0 Å². The van der Waals surface area contributed by atoms with Gasteiger partial charge in [-0.3, -0.25) is 0 Å². The molecule has 0 saturated heterocycles. The third kappa shape index (κ3) is 1.02. The van der Waals surface area contributed by atoms with Crippen molar-refractivity contribution < 1.29 is 0 Å². The van der Waals surface area contributed by atoms with E-state index in [2.05, 4.69) is 12.4 Å². The third-order valence-electron chi connectivity index (χ3n) is 4.88. The van der Waals surface area contributed by atoms with E-state index in [0.29, 0.717) is 11.6 Å². The average molecular weight is 180 g/mol. The van der Waals surface area contributed by atoms with E-state index in [9.17, 15) is 0 Å². The first kappa shape index (κ1) is 8.25. The number of nitrogens with two attached hydrogens (primary N) is 1. The van der Waals surface area contributed by atoms with Gasteiger partial charge in [-0.1, -0.05) is 0 Å². The lowest BCUT2D eigenvalue weighted by Gasteiger charge is -2.59. The summed E-state index contributed by atoms with van der Waals surface area (Å²) in [5.74, 6) is 2.65. The predicted molar refractivity (Wildman–Crippen MR) is 53.3 cm³/mol. The van der Waals surface area contributed by atoms with Crippen molar-refractivity contribution in [2.45, 2.75) is 43.7 Å². The van der Waals surface area contributed by atoms with E-state index in [1.165, 1.54) is 32.1 Å². The van der Waals surface area contributed by atoms with Gasteiger partial charge in [0.05, 0.1) is 0 Å². The Balaban J connectivity index is 1.92. The molecule has 4 rings (SSSR count). The van der Waals surface area contributed by atoms with Gasteiger partial charge in [-0.15, -0.1) is 0 Å². The van der Waals surface area contributed by atoms with Crippen LogP contribution in [-0.4, -0.2) is 18.6 Å². The summed E-state index contributed by atoms with van der Waals surface area (Å²) in [4.78, 5) is 0. The summed E-state index contributed by atoms with van der Waals surface area (Å²) in [5, 5.41) is 3.57. The zero-order valence-electron chi connectivity index (χ0n) is 8.42. The summed E-state index contributed by atoms with van der Waals surface area (Å²) < 4.78 is 0. The second-order valence-electron chi connectivity index (χ2n) is 5.58. The smallest absolute Gasteiger partial charge is 0.0187 e. The second-order valence-corrected chi connectivity index (χ2v) is 5.58.